The Bertz CT molecular complexity index is 1190. The Hall–Kier alpha value is -2.71. The number of H-pyrrole nitrogens is 1. The lowest BCUT2D eigenvalue weighted by Gasteiger charge is -2.36. The second-order valence-corrected chi connectivity index (χ2v) is 11.0. The largest absolute Gasteiger partial charge is 0.341 e. The first kappa shape index (κ1) is 25.9. The van der Waals surface area contributed by atoms with Gasteiger partial charge in [0.15, 0.2) is 5.52 Å². The first-order valence-corrected chi connectivity index (χ1v) is 14.3. The van der Waals surface area contributed by atoms with Crippen LogP contribution in [-0.2, 0) is 20.0 Å². The van der Waals surface area contributed by atoms with Gasteiger partial charge in [-0.15, -0.1) is 0 Å². The minimum Gasteiger partial charge on any atom is -0.341 e. The van der Waals surface area contributed by atoms with E-state index >= 15 is 0 Å². The highest BCUT2D eigenvalue weighted by atomic mass is 16.1. The first-order valence-electron chi connectivity index (χ1n) is 14.3. The Kier molecular flexibility index (Phi) is 8.56. The van der Waals surface area contributed by atoms with Gasteiger partial charge in [-0.3, -0.25) is 24.3 Å². The molecule has 2 fully saturated rings. The summed E-state index contributed by atoms with van der Waals surface area (Å²) >= 11 is 0. The van der Waals surface area contributed by atoms with Gasteiger partial charge in [-0.25, -0.2) is 4.98 Å². The minimum absolute atomic E-state index is 0.0828. The molecular weight excluding hydrogens is 462 g/mol. The highest BCUT2D eigenvalue weighted by Crippen LogP contribution is 2.26. The summed E-state index contributed by atoms with van der Waals surface area (Å²) in [6, 6.07) is 10.8. The van der Waals surface area contributed by atoms with Crippen molar-refractivity contribution in [2.75, 3.05) is 50.7 Å². The molecule has 5 rings (SSSR count). The van der Waals surface area contributed by atoms with Crippen LogP contribution in [0.5, 0.6) is 0 Å². The zero-order chi connectivity index (χ0) is 25.6. The van der Waals surface area contributed by atoms with E-state index in [0.29, 0.717) is 11.4 Å². The second kappa shape index (κ2) is 12.2. The average Bonchev–Trinajstić information content (AvgIpc) is 3.24. The number of aryl methyl sites for hydroxylation is 2. The lowest BCUT2D eigenvalue weighted by Crippen LogP contribution is -2.48. The summed E-state index contributed by atoms with van der Waals surface area (Å²) in [5.41, 5.74) is 3.59. The van der Waals surface area contributed by atoms with Crippen molar-refractivity contribution in [1.82, 2.24) is 29.5 Å². The van der Waals surface area contributed by atoms with E-state index in [2.05, 4.69) is 62.0 Å². The minimum atomic E-state index is -0.0828. The topological polar surface area (TPSA) is 73.3 Å². The van der Waals surface area contributed by atoms with Crippen LogP contribution in [0.4, 0.5) is 5.95 Å². The molecule has 1 saturated carbocycles. The number of rotatable bonds is 10. The number of benzene rings is 1. The van der Waals surface area contributed by atoms with E-state index in [1.54, 1.807) is 4.68 Å². The van der Waals surface area contributed by atoms with Gasteiger partial charge in [-0.1, -0.05) is 62.9 Å². The second-order valence-electron chi connectivity index (χ2n) is 11.0. The summed E-state index contributed by atoms with van der Waals surface area (Å²) in [5, 5.41) is 4.62. The molecule has 0 radical (unpaired) electrons. The van der Waals surface area contributed by atoms with Crippen LogP contribution < -0.4 is 10.5 Å². The standard InChI is InChI=1S/C29H43N7O/c1-3-10-25-26-27(33(2)32-25)28(37)31-29(30-26)36(22-24-13-8-5-9-14-24)20-19-34-15-17-35(18-16-34)21-23-11-6-4-7-12-23/h4,6-7,11-12,24H,3,5,8-10,13-22H2,1-2H3,(H,30,31,37). The molecule has 2 aliphatic rings. The Labute approximate surface area is 220 Å². The maximum atomic E-state index is 13.1. The molecule has 0 amide bonds. The summed E-state index contributed by atoms with van der Waals surface area (Å²) in [6.07, 6.45) is 8.34. The van der Waals surface area contributed by atoms with Gasteiger partial charge < -0.3 is 4.90 Å². The van der Waals surface area contributed by atoms with Crippen molar-refractivity contribution in [3.63, 3.8) is 0 Å². The highest BCUT2D eigenvalue weighted by Gasteiger charge is 2.23. The van der Waals surface area contributed by atoms with Crippen LogP contribution in [-0.4, -0.2) is 75.4 Å². The normalized spacial score (nSPS) is 18.0. The van der Waals surface area contributed by atoms with Crippen LogP contribution in [0.2, 0.25) is 0 Å². The average molecular weight is 506 g/mol. The number of piperazine rings is 1. The third-order valence-electron chi connectivity index (χ3n) is 8.14. The van der Waals surface area contributed by atoms with Crippen LogP contribution in [0, 0.1) is 5.92 Å². The summed E-state index contributed by atoms with van der Waals surface area (Å²) in [4.78, 5) is 28.8. The maximum absolute atomic E-state index is 13.1. The van der Waals surface area contributed by atoms with E-state index < -0.39 is 0 Å². The molecule has 1 aliphatic carbocycles. The van der Waals surface area contributed by atoms with Crippen molar-refractivity contribution < 1.29 is 0 Å². The molecule has 8 nitrogen and oxygen atoms in total. The molecule has 200 valence electrons. The monoisotopic (exact) mass is 505 g/mol. The molecule has 1 aromatic carbocycles. The molecule has 37 heavy (non-hydrogen) atoms. The van der Waals surface area contributed by atoms with Gasteiger partial charge in [0.2, 0.25) is 5.95 Å². The molecule has 3 heterocycles. The van der Waals surface area contributed by atoms with Gasteiger partial charge in [0, 0.05) is 59.4 Å². The smallest absolute Gasteiger partial charge is 0.278 e. The van der Waals surface area contributed by atoms with Gasteiger partial charge in [0.25, 0.3) is 5.56 Å². The van der Waals surface area contributed by atoms with Crippen molar-refractivity contribution in [1.29, 1.82) is 0 Å². The molecule has 1 saturated heterocycles. The third kappa shape index (κ3) is 6.41. The Morgan fingerprint density at radius 2 is 1.76 bits per heavy atom. The van der Waals surface area contributed by atoms with Crippen molar-refractivity contribution in [3.05, 3.63) is 51.9 Å². The molecule has 1 N–H and O–H groups in total. The van der Waals surface area contributed by atoms with E-state index in [4.69, 9.17) is 4.98 Å². The number of anilines is 1. The summed E-state index contributed by atoms with van der Waals surface area (Å²) in [5.74, 6) is 1.39. The fraction of sp³-hybridized carbons (Fsp3) is 0.621. The zero-order valence-corrected chi connectivity index (χ0v) is 22.7. The van der Waals surface area contributed by atoms with E-state index in [1.807, 2.05) is 7.05 Å². The van der Waals surface area contributed by atoms with E-state index in [9.17, 15) is 4.79 Å². The first-order chi connectivity index (χ1) is 18.1. The Balaban J connectivity index is 1.28. The highest BCUT2D eigenvalue weighted by molar-refractivity contribution is 5.77. The van der Waals surface area contributed by atoms with Crippen molar-refractivity contribution in [3.8, 4) is 0 Å². The fourth-order valence-corrected chi connectivity index (χ4v) is 6.03. The number of nitrogens with one attached hydrogen (secondary N) is 1. The molecular formula is C29H43N7O. The van der Waals surface area contributed by atoms with Gasteiger partial charge in [-0.2, -0.15) is 5.10 Å². The number of aromatic amines is 1. The number of aromatic nitrogens is 4. The number of nitrogens with zero attached hydrogens (tertiary/aromatic N) is 6. The van der Waals surface area contributed by atoms with Gasteiger partial charge in [0.05, 0.1) is 5.69 Å². The summed E-state index contributed by atoms with van der Waals surface area (Å²) in [6.45, 7) is 10.3. The lowest BCUT2D eigenvalue weighted by atomic mass is 9.89. The lowest BCUT2D eigenvalue weighted by molar-refractivity contribution is 0.129. The number of fused-ring (bicyclic) bond motifs is 1. The van der Waals surface area contributed by atoms with E-state index in [-0.39, 0.29) is 5.56 Å². The number of hydrogen-bond acceptors (Lipinski definition) is 6. The molecule has 0 spiro atoms. The molecule has 0 atom stereocenters. The maximum Gasteiger partial charge on any atom is 0.278 e. The van der Waals surface area contributed by atoms with Gasteiger partial charge in [0.1, 0.15) is 5.52 Å². The van der Waals surface area contributed by atoms with Crippen molar-refractivity contribution in [2.24, 2.45) is 13.0 Å². The quantitative estimate of drug-likeness (QED) is 0.452. The fourth-order valence-electron chi connectivity index (χ4n) is 6.03. The molecule has 8 heteroatoms. The van der Waals surface area contributed by atoms with Crippen LogP contribution in [0.15, 0.2) is 35.1 Å². The predicted molar refractivity (Wildman–Crippen MR) is 150 cm³/mol. The van der Waals surface area contributed by atoms with Crippen molar-refractivity contribution >= 4 is 17.0 Å². The van der Waals surface area contributed by atoms with Crippen LogP contribution >= 0.6 is 0 Å². The van der Waals surface area contributed by atoms with Gasteiger partial charge in [-0.05, 0) is 30.7 Å². The third-order valence-corrected chi connectivity index (χ3v) is 8.14. The Morgan fingerprint density at radius 1 is 1.03 bits per heavy atom. The summed E-state index contributed by atoms with van der Waals surface area (Å²) < 4.78 is 1.69. The van der Waals surface area contributed by atoms with E-state index in [0.717, 1.165) is 82.4 Å². The SMILES string of the molecule is CCCc1nn(C)c2c(=O)[nH]c(N(CCN3CCN(Cc4ccccc4)CC3)CC3CCCCC3)nc12. The van der Waals surface area contributed by atoms with Gasteiger partial charge >= 0.3 is 0 Å². The molecule has 2 aromatic heterocycles. The Morgan fingerprint density at radius 3 is 2.49 bits per heavy atom. The molecule has 0 unspecified atom stereocenters. The predicted octanol–water partition coefficient (Wildman–Crippen LogP) is 3.81. The molecule has 1 aliphatic heterocycles. The summed E-state index contributed by atoms with van der Waals surface area (Å²) in [7, 11) is 1.84. The zero-order valence-electron chi connectivity index (χ0n) is 22.7. The van der Waals surface area contributed by atoms with Crippen LogP contribution in [0.1, 0.15) is 56.7 Å². The van der Waals surface area contributed by atoms with Crippen LogP contribution in [0.25, 0.3) is 11.0 Å². The molecule has 3 aromatic rings. The van der Waals surface area contributed by atoms with E-state index in [1.165, 1.54) is 37.7 Å². The van der Waals surface area contributed by atoms with Crippen molar-refractivity contribution in [2.45, 2.75) is 58.4 Å². The number of hydrogen-bond donors (Lipinski definition) is 1. The molecule has 0 bridgehead atoms. The van der Waals surface area contributed by atoms with Crippen LogP contribution in [0.3, 0.4) is 0 Å².